The van der Waals surface area contributed by atoms with Gasteiger partial charge in [-0.25, -0.2) is 4.79 Å². The molecule has 2 aromatic rings. The fraction of sp³-hybridized carbons (Fsp3) is 0.273. The Bertz CT molecular complexity index is 743. The van der Waals surface area contributed by atoms with Gasteiger partial charge >= 0.3 is 5.97 Å². The highest BCUT2D eigenvalue weighted by molar-refractivity contribution is 6.42. The van der Waals surface area contributed by atoms with E-state index in [1.54, 1.807) is 6.92 Å². The van der Waals surface area contributed by atoms with E-state index in [1.807, 2.05) is 60.7 Å². The molecule has 0 amide bonds. The molecule has 6 heteroatoms. The van der Waals surface area contributed by atoms with Crippen LogP contribution in [0.5, 0.6) is 0 Å². The van der Waals surface area contributed by atoms with Gasteiger partial charge in [-0.05, 0) is 29.8 Å². The van der Waals surface area contributed by atoms with Crippen LogP contribution < -0.4 is 5.73 Å². The highest BCUT2D eigenvalue weighted by atomic mass is 16.5. The second-order valence-corrected chi connectivity index (χ2v) is 6.29. The smallest absolute Gasteiger partial charge is 0.354 e. The predicted octanol–water partition coefficient (Wildman–Crippen LogP) is 3.18. The van der Waals surface area contributed by atoms with E-state index in [0.717, 1.165) is 11.1 Å². The summed E-state index contributed by atoms with van der Waals surface area (Å²) < 4.78 is 11.5. The first-order valence-corrected chi connectivity index (χ1v) is 9.03. The molecule has 0 aliphatic carbocycles. The van der Waals surface area contributed by atoms with Gasteiger partial charge in [-0.15, -0.1) is 0 Å². The maximum absolute atomic E-state index is 11.5. The minimum absolute atomic E-state index is 0.0841. The van der Waals surface area contributed by atoms with E-state index >= 15 is 0 Å². The first-order valence-electron chi connectivity index (χ1n) is 9.03. The monoisotopic (exact) mass is 382 g/mol. The predicted molar refractivity (Wildman–Crippen MR) is 109 cm³/mol. The molecule has 0 heterocycles. The molecule has 0 aromatic heterocycles. The second-order valence-electron chi connectivity index (χ2n) is 6.29. The molecule has 2 aromatic carbocycles. The Balaban J connectivity index is 2.01. The van der Waals surface area contributed by atoms with Crippen LogP contribution in [0.15, 0.2) is 77.4 Å². The average molecular weight is 382 g/mol. The van der Waals surface area contributed by atoms with Gasteiger partial charge < -0.3 is 20.3 Å². The van der Waals surface area contributed by atoms with Crippen LogP contribution in [0, 0.1) is 0 Å². The van der Waals surface area contributed by atoms with E-state index < -0.39 is 12.0 Å². The molecule has 0 radical (unpaired) electrons. The van der Waals surface area contributed by atoms with Gasteiger partial charge in [0.15, 0.2) is 0 Å². The molecule has 0 fully saturated rings. The van der Waals surface area contributed by atoms with Crippen LogP contribution in [0.1, 0.15) is 18.1 Å². The number of hydrogen-bond acceptors (Lipinski definition) is 5. The average Bonchev–Trinajstić information content (AvgIpc) is 2.72. The van der Waals surface area contributed by atoms with Gasteiger partial charge in [-0.2, -0.15) is 0 Å². The molecule has 148 valence electrons. The molecular weight excluding hydrogens is 356 g/mol. The fourth-order valence-corrected chi connectivity index (χ4v) is 2.48. The number of hydrogen-bond donors (Lipinski definition) is 2. The van der Waals surface area contributed by atoms with Gasteiger partial charge in [0.25, 0.3) is 0 Å². The van der Waals surface area contributed by atoms with E-state index in [-0.39, 0.29) is 18.9 Å². The topological polar surface area (TPSA) is 94.1 Å². The number of ether oxygens (including phenoxy) is 2. The van der Waals surface area contributed by atoms with Crippen LogP contribution in [0.3, 0.4) is 0 Å². The molecule has 0 aliphatic rings. The molecule has 0 saturated heterocycles. The molecule has 6 nitrogen and oxygen atoms in total. The summed E-state index contributed by atoms with van der Waals surface area (Å²) in [7, 11) is 0. The van der Waals surface area contributed by atoms with E-state index in [2.05, 4.69) is 4.99 Å². The summed E-state index contributed by atoms with van der Waals surface area (Å²) in [5, 5.41) is 9.42. The number of rotatable bonds is 11. The number of carboxylic acids is 1. The van der Waals surface area contributed by atoms with Crippen LogP contribution >= 0.6 is 0 Å². The zero-order valence-corrected chi connectivity index (χ0v) is 16.0. The summed E-state index contributed by atoms with van der Waals surface area (Å²) in [6.07, 6.45) is 1.24. The van der Waals surface area contributed by atoms with Crippen LogP contribution in [-0.2, 0) is 27.5 Å². The minimum Gasteiger partial charge on any atom is -0.477 e. The van der Waals surface area contributed by atoms with E-state index in [1.165, 1.54) is 6.20 Å². The van der Waals surface area contributed by atoms with Gasteiger partial charge in [0.05, 0.1) is 32.5 Å². The van der Waals surface area contributed by atoms with Crippen molar-refractivity contribution in [3.05, 3.63) is 83.6 Å². The van der Waals surface area contributed by atoms with Crippen molar-refractivity contribution in [3.63, 3.8) is 0 Å². The van der Waals surface area contributed by atoms with Crippen molar-refractivity contribution in [1.82, 2.24) is 0 Å². The first-order chi connectivity index (χ1) is 13.6. The van der Waals surface area contributed by atoms with Crippen LogP contribution in [0.25, 0.3) is 0 Å². The first kappa shape index (κ1) is 21.3. The van der Waals surface area contributed by atoms with Crippen molar-refractivity contribution in [1.29, 1.82) is 0 Å². The number of nitrogens with two attached hydrogens (primary N) is 1. The summed E-state index contributed by atoms with van der Waals surface area (Å²) in [5.41, 5.74) is 7.85. The molecule has 0 spiro atoms. The van der Waals surface area contributed by atoms with Gasteiger partial charge in [-0.1, -0.05) is 60.7 Å². The third-order valence-electron chi connectivity index (χ3n) is 3.98. The molecule has 2 rings (SSSR count). The Hall–Kier alpha value is -2.96. The lowest BCUT2D eigenvalue weighted by Crippen LogP contribution is -2.25. The zero-order chi connectivity index (χ0) is 20.2. The van der Waals surface area contributed by atoms with Gasteiger partial charge in [0.2, 0.25) is 0 Å². The normalized spacial score (nSPS) is 12.4. The molecule has 28 heavy (non-hydrogen) atoms. The Kier molecular flexibility index (Phi) is 8.91. The molecule has 3 N–H and O–H groups in total. The largest absolute Gasteiger partial charge is 0.477 e. The van der Waals surface area contributed by atoms with E-state index in [0.29, 0.717) is 18.8 Å². The van der Waals surface area contributed by atoms with Crippen LogP contribution in [0.4, 0.5) is 0 Å². The number of carboxylic acid groups (broad SMARTS) is 1. The highest BCUT2D eigenvalue weighted by Gasteiger charge is 2.16. The molecular formula is C22H26N2O4. The van der Waals surface area contributed by atoms with Crippen molar-refractivity contribution in [2.45, 2.75) is 26.2 Å². The van der Waals surface area contributed by atoms with Gasteiger partial charge in [0, 0.05) is 0 Å². The summed E-state index contributed by atoms with van der Waals surface area (Å²) >= 11 is 0. The second kappa shape index (κ2) is 11.7. The van der Waals surface area contributed by atoms with Gasteiger partial charge in [0.1, 0.15) is 5.71 Å². The number of aliphatic imine (C=N–C) groups is 1. The SMILES string of the molecule is CC(=CN)C(=NC(COCc1ccccc1)COCc1ccccc1)C(=O)O. The summed E-state index contributed by atoms with van der Waals surface area (Å²) in [6, 6.07) is 19.0. The van der Waals surface area contributed by atoms with E-state index in [9.17, 15) is 9.90 Å². The van der Waals surface area contributed by atoms with Gasteiger partial charge in [-0.3, -0.25) is 4.99 Å². The number of benzene rings is 2. The molecule has 0 bridgehead atoms. The Morgan fingerprint density at radius 3 is 1.86 bits per heavy atom. The van der Waals surface area contributed by atoms with Crippen LogP contribution in [-0.4, -0.2) is 36.0 Å². The number of carbonyl (C=O) groups is 1. The Labute approximate surface area is 165 Å². The van der Waals surface area contributed by atoms with Crippen molar-refractivity contribution in [2.75, 3.05) is 13.2 Å². The summed E-state index contributed by atoms with van der Waals surface area (Å²) in [4.78, 5) is 15.8. The third kappa shape index (κ3) is 7.34. The lowest BCUT2D eigenvalue weighted by molar-refractivity contribution is -0.129. The van der Waals surface area contributed by atoms with E-state index in [4.69, 9.17) is 15.2 Å². The van der Waals surface area contributed by atoms with Crippen molar-refractivity contribution in [2.24, 2.45) is 10.7 Å². The quantitative estimate of drug-likeness (QED) is 0.582. The van der Waals surface area contributed by atoms with Crippen LogP contribution in [0.2, 0.25) is 0 Å². The standard InChI is InChI=1S/C22H26N2O4/c1-17(12-23)21(22(25)26)24-20(15-27-13-18-8-4-2-5-9-18)16-28-14-19-10-6-3-7-11-19/h2-12,20H,13-16,23H2,1H3,(H,25,26). The highest BCUT2D eigenvalue weighted by Crippen LogP contribution is 2.07. The molecule has 0 saturated carbocycles. The number of aliphatic carboxylic acids is 1. The molecule has 0 unspecified atom stereocenters. The summed E-state index contributed by atoms with van der Waals surface area (Å²) in [6.45, 7) is 2.91. The number of nitrogens with zero attached hydrogens (tertiary/aromatic N) is 1. The van der Waals surface area contributed by atoms with Crippen molar-refractivity contribution >= 4 is 11.7 Å². The fourth-order valence-electron chi connectivity index (χ4n) is 2.48. The van der Waals surface area contributed by atoms with Crippen molar-refractivity contribution in [3.8, 4) is 0 Å². The molecule has 0 aliphatic heterocycles. The zero-order valence-electron chi connectivity index (χ0n) is 16.0. The maximum Gasteiger partial charge on any atom is 0.354 e. The molecule has 0 atom stereocenters. The minimum atomic E-state index is -1.13. The maximum atomic E-state index is 11.5. The van der Waals surface area contributed by atoms with Crippen molar-refractivity contribution < 1.29 is 19.4 Å². The Morgan fingerprint density at radius 1 is 1.00 bits per heavy atom. The lowest BCUT2D eigenvalue weighted by Gasteiger charge is -2.15. The Morgan fingerprint density at radius 2 is 1.46 bits per heavy atom. The summed E-state index contributed by atoms with van der Waals surface area (Å²) in [5.74, 6) is -1.13. The lowest BCUT2D eigenvalue weighted by atomic mass is 10.2. The third-order valence-corrected chi connectivity index (χ3v) is 3.98.